The molecule has 1 aliphatic heterocycles. The average Bonchev–Trinajstić information content (AvgIpc) is 2.46. The van der Waals surface area contributed by atoms with E-state index in [9.17, 15) is 0 Å². The molecule has 4 nitrogen and oxygen atoms in total. The molecule has 1 aliphatic rings. The lowest BCUT2D eigenvalue weighted by atomic mass is 9.96. The molecule has 1 saturated heterocycles. The molecular weight excluding hydrogens is 328 g/mol. The third-order valence-electron chi connectivity index (χ3n) is 4.10. The molecular formula is C16H21BrN4. The molecule has 5 heteroatoms. The Kier molecular flexibility index (Phi) is 4.40. The number of piperidine rings is 1. The summed E-state index contributed by atoms with van der Waals surface area (Å²) in [6, 6.07) is 4.13. The van der Waals surface area contributed by atoms with Gasteiger partial charge in [-0.05, 0) is 60.9 Å². The maximum atomic E-state index is 4.56. The van der Waals surface area contributed by atoms with Crippen LogP contribution >= 0.6 is 15.9 Å². The van der Waals surface area contributed by atoms with Crippen LogP contribution in [0.25, 0.3) is 11.0 Å². The van der Waals surface area contributed by atoms with Crippen LogP contribution in [0.2, 0.25) is 0 Å². The largest absolute Gasteiger partial charge is 0.370 e. The lowest BCUT2D eigenvalue weighted by Crippen LogP contribution is -2.37. The number of rotatable bonds is 3. The van der Waals surface area contributed by atoms with E-state index in [1.807, 2.05) is 18.5 Å². The summed E-state index contributed by atoms with van der Waals surface area (Å²) in [4.78, 5) is 13.7. The van der Waals surface area contributed by atoms with Gasteiger partial charge in [0.15, 0.2) is 0 Å². The van der Waals surface area contributed by atoms with Crippen LogP contribution in [-0.4, -0.2) is 48.6 Å². The van der Waals surface area contributed by atoms with Crippen molar-refractivity contribution in [1.29, 1.82) is 0 Å². The van der Waals surface area contributed by atoms with Gasteiger partial charge in [-0.15, -0.1) is 0 Å². The molecule has 0 spiro atoms. The van der Waals surface area contributed by atoms with E-state index in [2.05, 4.69) is 55.9 Å². The average molecular weight is 349 g/mol. The number of hydrogen-bond donors (Lipinski definition) is 0. The Labute approximate surface area is 134 Å². The van der Waals surface area contributed by atoms with Crippen LogP contribution in [-0.2, 0) is 0 Å². The van der Waals surface area contributed by atoms with Crippen molar-refractivity contribution in [3.8, 4) is 0 Å². The van der Waals surface area contributed by atoms with E-state index < -0.39 is 0 Å². The molecule has 3 heterocycles. The number of pyridine rings is 2. The van der Waals surface area contributed by atoms with Crippen molar-refractivity contribution >= 4 is 32.7 Å². The second-order valence-corrected chi connectivity index (χ2v) is 6.96. The SMILES string of the molecule is CN(C)CC1CCN(c2ccnc3cc(Br)cnc23)CC1. The second kappa shape index (κ2) is 6.28. The standard InChI is InChI=1S/C16H21BrN4/c1-20(2)11-12-4-7-21(8-5-12)15-3-6-18-14-9-13(17)10-19-16(14)15/h3,6,9-10,12H,4-5,7-8,11H2,1-2H3. The molecule has 0 unspecified atom stereocenters. The van der Waals surface area contributed by atoms with Gasteiger partial charge in [0.2, 0.25) is 0 Å². The molecule has 112 valence electrons. The number of aromatic nitrogens is 2. The molecule has 3 rings (SSSR count). The van der Waals surface area contributed by atoms with Gasteiger partial charge in [-0.3, -0.25) is 9.97 Å². The summed E-state index contributed by atoms with van der Waals surface area (Å²) in [5, 5.41) is 0. The highest BCUT2D eigenvalue weighted by Gasteiger charge is 2.21. The van der Waals surface area contributed by atoms with Crippen molar-refractivity contribution in [3.63, 3.8) is 0 Å². The minimum atomic E-state index is 0.812. The third-order valence-corrected chi connectivity index (χ3v) is 4.54. The Bertz CT molecular complexity index is 621. The Morgan fingerprint density at radius 3 is 2.76 bits per heavy atom. The van der Waals surface area contributed by atoms with Gasteiger partial charge in [-0.1, -0.05) is 0 Å². The summed E-state index contributed by atoms with van der Waals surface area (Å²) in [5.41, 5.74) is 3.18. The first-order valence-corrected chi connectivity index (χ1v) is 8.23. The lowest BCUT2D eigenvalue weighted by Gasteiger charge is -2.34. The molecule has 0 radical (unpaired) electrons. The number of hydrogen-bond acceptors (Lipinski definition) is 4. The van der Waals surface area contributed by atoms with Gasteiger partial charge in [0, 0.05) is 36.5 Å². The van der Waals surface area contributed by atoms with E-state index in [1.54, 1.807) is 0 Å². The first-order chi connectivity index (χ1) is 10.1. The normalized spacial score (nSPS) is 16.9. The van der Waals surface area contributed by atoms with E-state index in [-0.39, 0.29) is 0 Å². The Morgan fingerprint density at radius 2 is 2.05 bits per heavy atom. The van der Waals surface area contributed by atoms with E-state index in [0.29, 0.717) is 0 Å². The Balaban J connectivity index is 1.79. The first-order valence-electron chi connectivity index (χ1n) is 7.43. The number of fused-ring (bicyclic) bond motifs is 1. The molecule has 1 fully saturated rings. The molecule has 2 aromatic heterocycles. The fourth-order valence-electron chi connectivity index (χ4n) is 3.12. The highest BCUT2D eigenvalue weighted by Crippen LogP contribution is 2.29. The van der Waals surface area contributed by atoms with Gasteiger partial charge in [-0.25, -0.2) is 0 Å². The van der Waals surface area contributed by atoms with Crippen molar-refractivity contribution in [2.75, 3.05) is 38.6 Å². The van der Waals surface area contributed by atoms with Gasteiger partial charge < -0.3 is 9.80 Å². The quantitative estimate of drug-likeness (QED) is 0.852. The molecule has 0 aromatic carbocycles. The van der Waals surface area contributed by atoms with Gasteiger partial charge in [0.1, 0.15) is 5.52 Å². The van der Waals surface area contributed by atoms with Crippen LogP contribution in [0.4, 0.5) is 5.69 Å². The molecule has 0 amide bonds. The number of nitrogens with zero attached hydrogens (tertiary/aromatic N) is 4. The van der Waals surface area contributed by atoms with Crippen LogP contribution in [0.1, 0.15) is 12.8 Å². The summed E-state index contributed by atoms with van der Waals surface area (Å²) >= 11 is 3.46. The first kappa shape index (κ1) is 14.7. The fraction of sp³-hybridized carbons (Fsp3) is 0.500. The van der Waals surface area contributed by atoms with Gasteiger partial charge in [-0.2, -0.15) is 0 Å². The Hall–Kier alpha value is -1.20. The summed E-state index contributed by atoms with van der Waals surface area (Å²) in [6.45, 7) is 3.40. The number of anilines is 1. The zero-order valence-electron chi connectivity index (χ0n) is 12.6. The maximum absolute atomic E-state index is 4.56. The smallest absolute Gasteiger partial charge is 0.112 e. The lowest BCUT2D eigenvalue weighted by molar-refractivity contribution is 0.285. The second-order valence-electron chi connectivity index (χ2n) is 6.04. The highest BCUT2D eigenvalue weighted by molar-refractivity contribution is 9.10. The van der Waals surface area contributed by atoms with E-state index in [0.717, 1.165) is 34.5 Å². The minimum absolute atomic E-state index is 0.812. The van der Waals surface area contributed by atoms with Crippen LogP contribution in [0.5, 0.6) is 0 Å². The molecule has 0 N–H and O–H groups in total. The molecule has 2 aromatic rings. The topological polar surface area (TPSA) is 32.3 Å². The van der Waals surface area contributed by atoms with E-state index >= 15 is 0 Å². The summed E-state index contributed by atoms with van der Waals surface area (Å²) in [6.07, 6.45) is 6.24. The van der Waals surface area contributed by atoms with Crippen LogP contribution in [0.15, 0.2) is 29.0 Å². The number of halogens is 1. The monoisotopic (exact) mass is 348 g/mol. The van der Waals surface area contributed by atoms with Gasteiger partial charge in [0.25, 0.3) is 0 Å². The van der Waals surface area contributed by atoms with Crippen LogP contribution in [0, 0.1) is 5.92 Å². The molecule has 0 atom stereocenters. The predicted molar refractivity (Wildman–Crippen MR) is 90.7 cm³/mol. The minimum Gasteiger partial charge on any atom is -0.370 e. The molecule has 0 aliphatic carbocycles. The van der Waals surface area contributed by atoms with Crippen molar-refractivity contribution in [2.24, 2.45) is 5.92 Å². The fourth-order valence-corrected chi connectivity index (χ4v) is 3.44. The maximum Gasteiger partial charge on any atom is 0.112 e. The molecule has 0 saturated carbocycles. The van der Waals surface area contributed by atoms with Crippen molar-refractivity contribution in [1.82, 2.24) is 14.9 Å². The zero-order valence-corrected chi connectivity index (χ0v) is 14.2. The summed E-state index contributed by atoms with van der Waals surface area (Å²) in [5.74, 6) is 0.812. The molecule has 0 bridgehead atoms. The van der Waals surface area contributed by atoms with Crippen LogP contribution in [0.3, 0.4) is 0 Å². The zero-order chi connectivity index (χ0) is 14.8. The predicted octanol–water partition coefficient (Wildman–Crippen LogP) is 3.17. The highest BCUT2D eigenvalue weighted by atomic mass is 79.9. The third kappa shape index (κ3) is 3.35. The van der Waals surface area contributed by atoms with Crippen molar-refractivity contribution in [3.05, 3.63) is 29.0 Å². The van der Waals surface area contributed by atoms with E-state index in [1.165, 1.54) is 25.1 Å². The van der Waals surface area contributed by atoms with Crippen LogP contribution < -0.4 is 4.90 Å². The van der Waals surface area contributed by atoms with Gasteiger partial charge >= 0.3 is 0 Å². The summed E-state index contributed by atoms with van der Waals surface area (Å²) in [7, 11) is 4.31. The summed E-state index contributed by atoms with van der Waals surface area (Å²) < 4.78 is 0.976. The Morgan fingerprint density at radius 1 is 1.29 bits per heavy atom. The van der Waals surface area contributed by atoms with E-state index in [4.69, 9.17) is 0 Å². The van der Waals surface area contributed by atoms with Gasteiger partial charge in [0.05, 0.1) is 11.2 Å². The van der Waals surface area contributed by atoms with Crippen molar-refractivity contribution < 1.29 is 0 Å². The molecule has 21 heavy (non-hydrogen) atoms. The van der Waals surface area contributed by atoms with Crippen molar-refractivity contribution in [2.45, 2.75) is 12.8 Å².